The zero-order valence-corrected chi connectivity index (χ0v) is 10.2. The highest BCUT2D eigenvalue weighted by Crippen LogP contribution is 2.08. The molecule has 0 aromatic rings. The normalized spacial score (nSPS) is 11.3. The maximum Gasteiger partial charge on any atom is 0.410 e. The van der Waals surface area contributed by atoms with Crippen LogP contribution in [0.4, 0.5) is 4.79 Å². The van der Waals surface area contributed by atoms with Crippen LogP contribution >= 0.6 is 0 Å². The molecular weight excluding hydrogens is 194 g/mol. The molecule has 0 unspecified atom stereocenters. The number of likely N-dealkylation sites (N-methyl/N-ethyl adjacent to an activating group) is 1. The van der Waals surface area contributed by atoms with Crippen LogP contribution in [0.1, 0.15) is 20.8 Å². The molecule has 0 aliphatic rings. The molecule has 15 heavy (non-hydrogen) atoms. The molecule has 0 spiro atoms. The molecule has 0 saturated heterocycles. The third kappa shape index (κ3) is 8.20. The lowest BCUT2D eigenvalue weighted by atomic mass is 10.2. The largest absolute Gasteiger partial charge is 0.444 e. The fourth-order valence-electron chi connectivity index (χ4n) is 0.905. The van der Waals surface area contributed by atoms with Crippen LogP contribution in [0.25, 0.3) is 0 Å². The lowest BCUT2D eigenvalue weighted by Crippen LogP contribution is -2.38. The number of rotatable bonds is 5. The van der Waals surface area contributed by atoms with Crippen LogP contribution in [0.2, 0.25) is 0 Å². The second kappa shape index (κ2) is 6.63. The van der Waals surface area contributed by atoms with E-state index in [4.69, 9.17) is 10.5 Å². The van der Waals surface area contributed by atoms with Gasteiger partial charge in [0.2, 0.25) is 0 Å². The minimum atomic E-state index is -0.434. The molecule has 3 N–H and O–H groups in total. The molecule has 0 aliphatic heterocycles. The third-order valence-electron chi connectivity index (χ3n) is 1.65. The van der Waals surface area contributed by atoms with Crippen molar-refractivity contribution in [2.24, 2.45) is 5.73 Å². The number of carbonyl (C=O) groups excluding carboxylic acids is 1. The van der Waals surface area contributed by atoms with Gasteiger partial charge in [0, 0.05) is 33.2 Å². The van der Waals surface area contributed by atoms with E-state index >= 15 is 0 Å². The van der Waals surface area contributed by atoms with Gasteiger partial charge in [0.1, 0.15) is 5.60 Å². The zero-order chi connectivity index (χ0) is 11.9. The van der Waals surface area contributed by atoms with Crippen molar-refractivity contribution >= 4 is 6.09 Å². The molecule has 0 fully saturated rings. The van der Waals surface area contributed by atoms with Crippen molar-refractivity contribution in [3.63, 3.8) is 0 Å². The Balaban J connectivity index is 3.70. The van der Waals surface area contributed by atoms with Gasteiger partial charge in [-0.25, -0.2) is 4.79 Å². The van der Waals surface area contributed by atoms with Gasteiger partial charge in [0.15, 0.2) is 0 Å². The minimum Gasteiger partial charge on any atom is -0.444 e. The van der Waals surface area contributed by atoms with Crippen LogP contribution in [0, 0.1) is 0 Å². The summed E-state index contributed by atoms with van der Waals surface area (Å²) >= 11 is 0. The smallest absolute Gasteiger partial charge is 0.410 e. The number of amides is 1. The average Bonchev–Trinajstić information content (AvgIpc) is 2.09. The highest BCUT2D eigenvalue weighted by atomic mass is 16.6. The molecule has 5 nitrogen and oxygen atoms in total. The summed E-state index contributed by atoms with van der Waals surface area (Å²) in [5, 5.41) is 3.11. The van der Waals surface area contributed by atoms with Crippen molar-refractivity contribution in [3.05, 3.63) is 0 Å². The number of hydrogen-bond acceptors (Lipinski definition) is 4. The first-order valence-corrected chi connectivity index (χ1v) is 5.21. The van der Waals surface area contributed by atoms with Gasteiger partial charge in [-0.1, -0.05) is 0 Å². The summed E-state index contributed by atoms with van der Waals surface area (Å²) in [6.45, 7) is 8.28. The van der Waals surface area contributed by atoms with Crippen LogP contribution in [0.15, 0.2) is 0 Å². The van der Waals surface area contributed by atoms with E-state index in [1.54, 1.807) is 11.9 Å². The van der Waals surface area contributed by atoms with Gasteiger partial charge in [0.05, 0.1) is 0 Å². The maximum absolute atomic E-state index is 11.5. The molecule has 0 radical (unpaired) electrons. The predicted molar refractivity (Wildman–Crippen MR) is 60.8 cm³/mol. The third-order valence-corrected chi connectivity index (χ3v) is 1.65. The van der Waals surface area contributed by atoms with E-state index < -0.39 is 5.60 Å². The van der Waals surface area contributed by atoms with Crippen molar-refractivity contribution in [2.75, 3.05) is 33.2 Å². The molecule has 0 atom stereocenters. The molecule has 0 heterocycles. The molecular formula is C10H23N3O2. The Kier molecular flexibility index (Phi) is 6.27. The summed E-state index contributed by atoms with van der Waals surface area (Å²) < 4.78 is 5.19. The van der Waals surface area contributed by atoms with E-state index in [1.807, 2.05) is 20.8 Å². The Bertz CT molecular complexity index is 190. The van der Waals surface area contributed by atoms with Crippen LogP contribution in [-0.4, -0.2) is 49.8 Å². The standard InChI is InChI=1S/C10H23N3O2/c1-10(2,3)15-9(14)13(4)8-7-12-6-5-11/h12H,5-8,11H2,1-4H3. The highest BCUT2D eigenvalue weighted by Gasteiger charge is 2.18. The number of ether oxygens (including phenoxy) is 1. The lowest BCUT2D eigenvalue weighted by molar-refractivity contribution is 0.0301. The molecule has 0 aromatic carbocycles. The second-order valence-electron chi connectivity index (χ2n) is 4.44. The molecule has 0 saturated carbocycles. The number of hydrogen-bond donors (Lipinski definition) is 2. The van der Waals surface area contributed by atoms with Gasteiger partial charge < -0.3 is 20.7 Å². The van der Waals surface area contributed by atoms with E-state index in [2.05, 4.69) is 5.32 Å². The van der Waals surface area contributed by atoms with Crippen molar-refractivity contribution in [1.29, 1.82) is 0 Å². The Morgan fingerprint density at radius 3 is 2.47 bits per heavy atom. The summed E-state index contributed by atoms with van der Waals surface area (Å²) in [4.78, 5) is 13.0. The Labute approximate surface area is 91.9 Å². The van der Waals surface area contributed by atoms with Crippen LogP contribution in [-0.2, 0) is 4.74 Å². The van der Waals surface area contributed by atoms with Gasteiger partial charge in [-0.15, -0.1) is 0 Å². The van der Waals surface area contributed by atoms with Crippen LogP contribution in [0.3, 0.4) is 0 Å². The van der Waals surface area contributed by atoms with E-state index in [1.165, 1.54) is 0 Å². The van der Waals surface area contributed by atoms with E-state index in [0.29, 0.717) is 13.1 Å². The van der Waals surface area contributed by atoms with Crippen molar-refractivity contribution < 1.29 is 9.53 Å². The first kappa shape index (κ1) is 14.2. The fraction of sp³-hybridized carbons (Fsp3) is 0.900. The van der Waals surface area contributed by atoms with E-state index in [0.717, 1.165) is 13.1 Å². The van der Waals surface area contributed by atoms with Gasteiger partial charge in [0.25, 0.3) is 0 Å². The topological polar surface area (TPSA) is 67.6 Å². The molecule has 90 valence electrons. The zero-order valence-electron chi connectivity index (χ0n) is 10.2. The first-order valence-electron chi connectivity index (χ1n) is 5.21. The molecule has 0 rings (SSSR count). The van der Waals surface area contributed by atoms with Crippen molar-refractivity contribution in [1.82, 2.24) is 10.2 Å². The summed E-state index contributed by atoms with van der Waals surface area (Å²) in [7, 11) is 1.72. The fourth-order valence-corrected chi connectivity index (χ4v) is 0.905. The molecule has 0 aromatic heterocycles. The lowest BCUT2D eigenvalue weighted by Gasteiger charge is -2.24. The van der Waals surface area contributed by atoms with E-state index in [-0.39, 0.29) is 6.09 Å². The maximum atomic E-state index is 11.5. The van der Waals surface area contributed by atoms with Crippen LogP contribution < -0.4 is 11.1 Å². The van der Waals surface area contributed by atoms with Crippen molar-refractivity contribution in [3.8, 4) is 0 Å². The Morgan fingerprint density at radius 2 is 2.00 bits per heavy atom. The molecule has 5 heteroatoms. The molecule has 0 bridgehead atoms. The van der Waals surface area contributed by atoms with Gasteiger partial charge in [-0.3, -0.25) is 0 Å². The number of carbonyl (C=O) groups is 1. The molecule has 0 aliphatic carbocycles. The van der Waals surface area contributed by atoms with Gasteiger partial charge in [-0.2, -0.15) is 0 Å². The number of nitrogens with zero attached hydrogens (tertiary/aromatic N) is 1. The summed E-state index contributed by atoms with van der Waals surface area (Å²) in [6, 6.07) is 0. The average molecular weight is 217 g/mol. The summed E-state index contributed by atoms with van der Waals surface area (Å²) in [5.74, 6) is 0. The Morgan fingerprint density at radius 1 is 1.40 bits per heavy atom. The quantitative estimate of drug-likeness (QED) is 0.654. The van der Waals surface area contributed by atoms with E-state index in [9.17, 15) is 4.79 Å². The summed E-state index contributed by atoms with van der Waals surface area (Å²) in [6.07, 6.45) is -0.294. The van der Waals surface area contributed by atoms with Crippen LogP contribution in [0.5, 0.6) is 0 Å². The molecule has 1 amide bonds. The number of nitrogens with one attached hydrogen (secondary N) is 1. The van der Waals surface area contributed by atoms with Gasteiger partial charge in [-0.05, 0) is 20.8 Å². The number of nitrogens with two attached hydrogens (primary N) is 1. The summed E-state index contributed by atoms with van der Waals surface area (Å²) in [5.41, 5.74) is 4.89. The highest BCUT2D eigenvalue weighted by molar-refractivity contribution is 5.67. The SMILES string of the molecule is CN(CCNCCN)C(=O)OC(C)(C)C. The van der Waals surface area contributed by atoms with Gasteiger partial charge >= 0.3 is 6.09 Å². The predicted octanol–water partition coefficient (Wildman–Crippen LogP) is 0.402. The Hall–Kier alpha value is -0.810. The minimum absolute atomic E-state index is 0.294. The monoisotopic (exact) mass is 217 g/mol. The first-order chi connectivity index (χ1) is 6.87. The van der Waals surface area contributed by atoms with Crippen molar-refractivity contribution in [2.45, 2.75) is 26.4 Å². The second-order valence-corrected chi connectivity index (χ2v) is 4.44.